The summed E-state index contributed by atoms with van der Waals surface area (Å²) in [5, 5.41) is 1.47. The first-order chi connectivity index (χ1) is 8.66. The van der Waals surface area contributed by atoms with Gasteiger partial charge in [-0.3, -0.25) is 0 Å². The van der Waals surface area contributed by atoms with Crippen LogP contribution in [0.3, 0.4) is 0 Å². The van der Waals surface area contributed by atoms with Gasteiger partial charge >= 0.3 is 0 Å². The topological polar surface area (TPSA) is 0 Å². The van der Waals surface area contributed by atoms with Gasteiger partial charge in [-0.1, -0.05) is 78.7 Å². The second-order valence-corrected chi connectivity index (χ2v) is 5.06. The summed E-state index contributed by atoms with van der Waals surface area (Å²) in [4.78, 5) is 0. The summed E-state index contributed by atoms with van der Waals surface area (Å²) in [5.41, 5.74) is 2.24. The Morgan fingerprint density at radius 2 is 1.61 bits per heavy atom. The van der Waals surface area contributed by atoms with Crippen molar-refractivity contribution in [3.8, 4) is 0 Å². The van der Waals surface area contributed by atoms with E-state index in [1.165, 1.54) is 5.56 Å². The lowest BCUT2D eigenvalue weighted by Crippen LogP contribution is -1.89. The Morgan fingerprint density at radius 1 is 1.00 bits per heavy atom. The molecule has 2 aromatic rings. The summed E-state index contributed by atoms with van der Waals surface area (Å²) in [6.07, 6.45) is 2.06. The Morgan fingerprint density at radius 3 is 2.22 bits per heavy atom. The summed E-state index contributed by atoms with van der Waals surface area (Å²) < 4.78 is 0. The zero-order valence-electron chi connectivity index (χ0n) is 10.1. The molecule has 0 nitrogen and oxygen atoms in total. The fraction of sp³-hybridized carbons (Fsp3) is 0.125. The van der Waals surface area contributed by atoms with Crippen LogP contribution in [0.25, 0.3) is 5.03 Å². The molecule has 18 heavy (non-hydrogen) atoms. The molecular weight excluding hydrogens is 263 g/mol. The van der Waals surface area contributed by atoms with E-state index in [0.717, 1.165) is 15.6 Å². The molecule has 1 unspecified atom stereocenters. The molecule has 0 amide bonds. The van der Waals surface area contributed by atoms with Crippen molar-refractivity contribution < 1.29 is 0 Å². The van der Waals surface area contributed by atoms with Gasteiger partial charge in [0.1, 0.15) is 0 Å². The van der Waals surface area contributed by atoms with Crippen LogP contribution >= 0.6 is 23.2 Å². The standard InChI is InChI=1S/C16H14Cl2/c1-12(13-5-3-2-4-6-13)11-16(18)14-7-9-15(17)10-8-14/h2-12H,1H3. The fourth-order valence-electron chi connectivity index (χ4n) is 1.78. The summed E-state index contributed by atoms with van der Waals surface area (Å²) >= 11 is 12.2. The second-order valence-electron chi connectivity index (χ2n) is 4.22. The zero-order valence-corrected chi connectivity index (χ0v) is 11.6. The first kappa shape index (κ1) is 13.2. The van der Waals surface area contributed by atoms with Crippen LogP contribution in [0.2, 0.25) is 5.02 Å². The maximum Gasteiger partial charge on any atom is 0.0444 e. The quantitative estimate of drug-likeness (QED) is 0.672. The molecule has 0 radical (unpaired) electrons. The van der Waals surface area contributed by atoms with Crippen molar-refractivity contribution >= 4 is 28.2 Å². The van der Waals surface area contributed by atoms with Crippen molar-refractivity contribution in [2.75, 3.05) is 0 Å². The number of allylic oxidation sites excluding steroid dienone is 1. The highest BCUT2D eigenvalue weighted by atomic mass is 35.5. The van der Waals surface area contributed by atoms with Crippen molar-refractivity contribution in [1.29, 1.82) is 0 Å². The van der Waals surface area contributed by atoms with Crippen LogP contribution in [0.15, 0.2) is 60.7 Å². The molecule has 0 saturated heterocycles. The number of rotatable bonds is 3. The third-order valence-electron chi connectivity index (χ3n) is 2.84. The van der Waals surface area contributed by atoms with Crippen LogP contribution in [0.1, 0.15) is 24.0 Å². The van der Waals surface area contributed by atoms with Crippen molar-refractivity contribution in [3.05, 3.63) is 76.8 Å². The molecule has 0 aromatic heterocycles. The molecular formula is C16H14Cl2. The van der Waals surface area contributed by atoms with Gasteiger partial charge in [0, 0.05) is 16.0 Å². The van der Waals surface area contributed by atoms with Gasteiger partial charge in [-0.15, -0.1) is 0 Å². The first-order valence-corrected chi connectivity index (χ1v) is 6.60. The van der Waals surface area contributed by atoms with Gasteiger partial charge in [0.15, 0.2) is 0 Å². The van der Waals surface area contributed by atoms with Gasteiger partial charge in [-0.05, 0) is 23.3 Å². The lowest BCUT2D eigenvalue weighted by Gasteiger charge is -2.08. The monoisotopic (exact) mass is 276 g/mol. The van der Waals surface area contributed by atoms with Crippen molar-refractivity contribution in [1.82, 2.24) is 0 Å². The summed E-state index contributed by atoms with van der Waals surface area (Å²) in [7, 11) is 0. The van der Waals surface area contributed by atoms with E-state index in [2.05, 4.69) is 25.1 Å². The lowest BCUT2D eigenvalue weighted by molar-refractivity contribution is 0.972. The molecule has 0 spiro atoms. The molecule has 92 valence electrons. The van der Waals surface area contributed by atoms with Crippen LogP contribution in [0.5, 0.6) is 0 Å². The fourth-order valence-corrected chi connectivity index (χ4v) is 2.22. The first-order valence-electron chi connectivity index (χ1n) is 5.85. The molecule has 0 aliphatic heterocycles. The van der Waals surface area contributed by atoms with E-state index in [1.54, 1.807) is 0 Å². The van der Waals surface area contributed by atoms with Crippen molar-refractivity contribution in [2.45, 2.75) is 12.8 Å². The third-order valence-corrected chi connectivity index (χ3v) is 3.44. The van der Waals surface area contributed by atoms with Gasteiger partial charge in [0.25, 0.3) is 0 Å². The summed E-state index contributed by atoms with van der Waals surface area (Å²) in [6, 6.07) is 17.9. The predicted molar refractivity (Wildman–Crippen MR) is 80.1 cm³/mol. The highest BCUT2D eigenvalue weighted by Gasteiger charge is 2.04. The van der Waals surface area contributed by atoms with Crippen LogP contribution < -0.4 is 0 Å². The van der Waals surface area contributed by atoms with E-state index in [0.29, 0.717) is 0 Å². The zero-order chi connectivity index (χ0) is 13.0. The minimum absolute atomic E-state index is 0.286. The molecule has 2 aromatic carbocycles. The highest BCUT2D eigenvalue weighted by Crippen LogP contribution is 2.26. The predicted octanol–water partition coefficient (Wildman–Crippen LogP) is 5.72. The Balaban J connectivity index is 2.20. The lowest BCUT2D eigenvalue weighted by atomic mass is 10.00. The van der Waals surface area contributed by atoms with E-state index < -0.39 is 0 Å². The molecule has 0 bridgehead atoms. The largest absolute Gasteiger partial charge is 0.0843 e. The van der Waals surface area contributed by atoms with Crippen LogP contribution in [0, 0.1) is 0 Å². The summed E-state index contributed by atoms with van der Waals surface area (Å²) in [6.45, 7) is 2.13. The van der Waals surface area contributed by atoms with Crippen molar-refractivity contribution in [2.24, 2.45) is 0 Å². The van der Waals surface area contributed by atoms with Crippen molar-refractivity contribution in [3.63, 3.8) is 0 Å². The maximum atomic E-state index is 6.32. The van der Waals surface area contributed by atoms with Gasteiger partial charge in [0.2, 0.25) is 0 Å². The van der Waals surface area contributed by atoms with Gasteiger partial charge in [-0.25, -0.2) is 0 Å². The molecule has 2 heteroatoms. The third kappa shape index (κ3) is 3.38. The van der Waals surface area contributed by atoms with Crippen LogP contribution in [-0.4, -0.2) is 0 Å². The van der Waals surface area contributed by atoms with Gasteiger partial charge < -0.3 is 0 Å². The minimum Gasteiger partial charge on any atom is -0.0843 e. The molecule has 0 saturated carbocycles. The number of hydrogen-bond donors (Lipinski definition) is 0. The Hall–Kier alpha value is -1.24. The van der Waals surface area contributed by atoms with Gasteiger partial charge in [0.05, 0.1) is 0 Å². The van der Waals surface area contributed by atoms with E-state index in [4.69, 9.17) is 23.2 Å². The number of benzene rings is 2. The number of halogens is 2. The Labute approximate surface area is 118 Å². The molecule has 1 atom stereocenters. The van der Waals surface area contributed by atoms with E-state index in [1.807, 2.05) is 42.5 Å². The molecule has 0 fully saturated rings. The average molecular weight is 277 g/mol. The Bertz CT molecular complexity index is 527. The smallest absolute Gasteiger partial charge is 0.0444 e. The molecule has 0 N–H and O–H groups in total. The van der Waals surface area contributed by atoms with E-state index >= 15 is 0 Å². The van der Waals surface area contributed by atoms with Gasteiger partial charge in [-0.2, -0.15) is 0 Å². The maximum absolute atomic E-state index is 6.32. The normalized spacial score (nSPS) is 13.4. The van der Waals surface area contributed by atoms with Crippen LogP contribution in [0.4, 0.5) is 0 Å². The second kappa shape index (κ2) is 6.08. The molecule has 0 aliphatic carbocycles. The molecule has 2 rings (SSSR count). The minimum atomic E-state index is 0.286. The average Bonchev–Trinajstić information content (AvgIpc) is 2.40. The van der Waals surface area contributed by atoms with Crippen LogP contribution in [-0.2, 0) is 0 Å². The van der Waals surface area contributed by atoms with E-state index in [9.17, 15) is 0 Å². The highest BCUT2D eigenvalue weighted by molar-refractivity contribution is 6.48. The Kier molecular flexibility index (Phi) is 4.46. The van der Waals surface area contributed by atoms with E-state index in [-0.39, 0.29) is 5.92 Å². The number of hydrogen-bond acceptors (Lipinski definition) is 0. The molecule has 0 heterocycles. The SMILES string of the molecule is CC(C=C(Cl)c1ccc(Cl)cc1)c1ccccc1. The summed E-state index contributed by atoms with van der Waals surface area (Å²) in [5.74, 6) is 0.286. The molecule has 0 aliphatic rings.